The van der Waals surface area contributed by atoms with Gasteiger partial charge in [0.05, 0.1) is 24.2 Å². The zero-order valence-electron chi connectivity index (χ0n) is 22.3. The van der Waals surface area contributed by atoms with Crippen LogP contribution in [0.4, 0.5) is 0 Å². The third kappa shape index (κ3) is 4.66. The van der Waals surface area contributed by atoms with E-state index in [1.807, 2.05) is 6.92 Å². The number of H-pyrrole nitrogens is 1. The minimum Gasteiger partial charge on any atom is -0.496 e. The maximum absolute atomic E-state index is 13.2. The lowest BCUT2D eigenvalue weighted by molar-refractivity contribution is -0.0125. The minimum absolute atomic E-state index is 0.0210. The fourth-order valence-electron chi connectivity index (χ4n) is 6.50. The van der Waals surface area contributed by atoms with Gasteiger partial charge in [-0.15, -0.1) is 0 Å². The SMILES string of the molecule is COc1cc(C)[nH]c(=O)c1CNC(=O)c1cc(Cl)c2c(c1C)O[C@@H](C1CCC(N3CC4(CC4)C3)CC1)CO2. The number of methoxy groups -OCH3 is 1. The van der Waals surface area contributed by atoms with Gasteiger partial charge in [0.1, 0.15) is 18.5 Å². The summed E-state index contributed by atoms with van der Waals surface area (Å²) < 4.78 is 18.0. The van der Waals surface area contributed by atoms with E-state index in [1.54, 1.807) is 19.1 Å². The van der Waals surface area contributed by atoms with Crippen LogP contribution in [0.25, 0.3) is 0 Å². The van der Waals surface area contributed by atoms with Gasteiger partial charge in [0.15, 0.2) is 11.5 Å². The molecule has 2 saturated carbocycles. The highest BCUT2D eigenvalue weighted by Crippen LogP contribution is 2.54. The number of aromatic amines is 1. The molecule has 0 bridgehead atoms. The zero-order valence-corrected chi connectivity index (χ0v) is 23.1. The molecule has 0 radical (unpaired) electrons. The van der Waals surface area contributed by atoms with Crippen LogP contribution in [0.5, 0.6) is 17.2 Å². The molecule has 2 aliphatic heterocycles. The normalized spacial score (nSPS) is 25.5. The molecular weight excluding hydrogens is 506 g/mol. The monoisotopic (exact) mass is 541 g/mol. The maximum atomic E-state index is 13.2. The van der Waals surface area contributed by atoms with Crippen molar-refractivity contribution in [3.05, 3.63) is 49.9 Å². The Bertz CT molecular complexity index is 1300. The highest BCUT2D eigenvalue weighted by Gasteiger charge is 2.54. The molecule has 204 valence electrons. The first-order valence-corrected chi connectivity index (χ1v) is 14.1. The summed E-state index contributed by atoms with van der Waals surface area (Å²) in [6.45, 7) is 6.71. The van der Waals surface area contributed by atoms with Gasteiger partial charge in [0.25, 0.3) is 11.5 Å². The van der Waals surface area contributed by atoms with Gasteiger partial charge in [0.2, 0.25) is 0 Å². The summed E-state index contributed by atoms with van der Waals surface area (Å²) in [5, 5.41) is 3.18. The number of aryl methyl sites for hydroxylation is 1. The van der Waals surface area contributed by atoms with Crippen molar-refractivity contribution in [3.63, 3.8) is 0 Å². The standard InChI is InChI=1S/C29H36ClN3O5/c1-16-10-23(36-3)21(28(35)32-16)12-31-27(34)20-11-22(30)26-25(17(20)2)38-24(13-37-26)18-4-6-19(7-5-18)33-14-29(15-33)8-9-29/h10-11,18-19,24H,4-9,12-15H2,1-3H3,(H,31,34)(H,32,35)/t18?,19?,24-/m1/s1. The average Bonchev–Trinajstić information content (AvgIpc) is 3.70. The summed E-state index contributed by atoms with van der Waals surface area (Å²) in [5.41, 5.74) is 2.53. The molecule has 8 nitrogen and oxygen atoms in total. The van der Waals surface area contributed by atoms with E-state index >= 15 is 0 Å². The third-order valence-corrected chi connectivity index (χ3v) is 9.32. The predicted molar refractivity (Wildman–Crippen MR) is 145 cm³/mol. The van der Waals surface area contributed by atoms with Gasteiger partial charge in [-0.05, 0) is 75.8 Å². The summed E-state index contributed by atoms with van der Waals surface area (Å²) >= 11 is 6.54. The molecule has 1 aromatic heterocycles. The van der Waals surface area contributed by atoms with Crippen LogP contribution in [0.1, 0.15) is 65.7 Å². The predicted octanol–water partition coefficient (Wildman–Crippen LogP) is 4.38. The van der Waals surface area contributed by atoms with Crippen molar-refractivity contribution in [2.24, 2.45) is 11.3 Å². The number of halogens is 1. The number of benzene rings is 1. The van der Waals surface area contributed by atoms with Crippen LogP contribution in [-0.2, 0) is 6.54 Å². The first-order valence-electron chi connectivity index (χ1n) is 13.7. The van der Waals surface area contributed by atoms with Gasteiger partial charge < -0.3 is 24.5 Å². The van der Waals surface area contributed by atoms with Crippen LogP contribution in [0.3, 0.4) is 0 Å². The number of hydrogen-bond acceptors (Lipinski definition) is 6. The van der Waals surface area contributed by atoms with Crippen molar-refractivity contribution in [1.82, 2.24) is 15.2 Å². The Labute approximate surface area is 228 Å². The second-order valence-corrected chi connectivity index (χ2v) is 12.0. The number of rotatable bonds is 6. The largest absolute Gasteiger partial charge is 0.496 e. The van der Waals surface area contributed by atoms with E-state index in [1.165, 1.54) is 45.9 Å². The molecule has 1 amide bonds. The molecule has 1 saturated heterocycles. The molecule has 2 aliphatic carbocycles. The Morgan fingerprint density at radius 2 is 1.92 bits per heavy atom. The number of carbonyl (C=O) groups is 1. The van der Waals surface area contributed by atoms with Crippen molar-refractivity contribution >= 4 is 17.5 Å². The van der Waals surface area contributed by atoms with Gasteiger partial charge in [-0.1, -0.05) is 11.6 Å². The number of pyridine rings is 1. The number of aromatic nitrogens is 1. The van der Waals surface area contributed by atoms with Crippen LogP contribution in [0.15, 0.2) is 16.9 Å². The molecular formula is C29H36ClN3O5. The number of fused-ring (bicyclic) bond motifs is 1. The van der Waals surface area contributed by atoms with E-state index < -0.39 is 0 Å². The van der Waals surface area contributed by atoms with Gasteiger partial charge >= 0.3 is 0 Å². The van der Waals surface area contributed by atoms with Crippen molar-refractivity contribution in [2.75, 3.05) is 26.8 Å². The molecule has 1 aromatic carbocycles. The number of amides is 1. The molecule has 1 atom stereocenters. The molecule has 0 unspecified atom stereocenters. The number of nitrogens with zero attached hydrogens (tertiary/aromatic N) is 1. The van der Waals surface area contributed by atoms with E-state index in [2.05, 4.69) is 15.2 Å². The lowest BCUT2D eigenvalue weighted by Crippen LogP contribution is -2.54. The van der Waals surface area contributed by atoms with Crippen LogP contribution < -0.4 is 25.1 Å². The first-order chi connectivity index (χ1) is 18.3. The van der Waals surface area contributed by atoms with Gasteiger partial charge in [0, 0.05) is 36.0 Å². The molecule has 1 spiro atoms. The van der Waals surface area contributed by atoms with E-state index in [9.17, 15) is 9.59 Å². The molecule has 38 heavy (non-hydrogen) atoms. The van der Waals surface area contributed by atoms with Crippen LogP contribution in [0, 0.1) is 25.2 Å². The Hall–Kier alpha value is -2.71. The molecule has 4 aliphatic rings. The van der Waals surface area contributed by atoms with Crippen molar-refractivity contribution < 1.29 is 19.0 Å². The Kier molecular flexibility index (Phi) is 6.59. The van der Waals surface area contributed by atoms with Crippen LogP contribution >= 0.6 is 11.6 Å². The Balaban J connectivity index is 1.12. The second kappa shape index (κ2) is 9.79. The zero-order chi connectivity index (χ0) is 26.6. The highest BCUT2D eigenvalue weighted by atomic mass is 35.5. The Morgan fingerprint density at radius 3 is 2.61 bits per heavy atom. The molecule has 6 rings (SSSR count). The number of likely N-dealkylation sites (tertiary alicyclic amines) is 1. The Morgan fingerprint density at radius 1 is 1.18 bits per heavy atom. The van der Waals surface area contributed by atoms with E-state index in [0.29, 0.717) is 68.6 Å². The maximum Gasteiger partial charge on any atom is 0.256 e. The summed E-state index contributed by atoms with van der Waals surface area (Å²) in [4.78, 5) is 31.1. The fourth-order valence-corrected chi connectivity index (χ4v) is 6.75. The van der Waals surface area contributed by atoms with E-state index in [4.69, 9.17) is 25.8 Å². The molecule has 2 aromatic rings. The van der Waals surface area contributed by atoms with Gasteiger partial charge in [-0.3, -0.25) is 14.5 Å². The van der Waals surface area contributed by atoms with Crippen LogP contribution in [0.2, 0.25) is 5.02 Å². The van der Waals surface area contributed by atoms with E-state index in [-0.39, 0.29) is 24.1 Å². The molecule has 3 heterocycles. The average molecular weight is 542 g/mol. The summed E-state index contributed by atoms with van der Waals surface area (Å²) in [5.74, 6) is 1.56. The fraction of sp³-hybridized carbons (Fsp3) is 0.586. The summed E-state index contributed by atoms with van der Waals surface area (Å²) in [6.07, 6.45) is 7.44. The third-order valence-electron chi connectivity index (χ3n) is 9.04. The van der Waals surface area contributed by atoms with Gasteiger partial charge in [-0.25, -0.2) is 0 Å². The quantitative estimate of drug-likeness (QED) is 0.564. The number of ether oxygens (including phenoxy) is 3. The molecule has 9 heteroatoms. The molecule has 2 N–H and O–H groups in total. The van der Waals surface area contributed by atoms with Crippen molar-refractivity contribution in [3.8, 4) is 17.2 Å². The first kappa shape index (κ1) is 25.6. The van der Waals surface area contributed by atoms with Crippen molar-refractivity contribution in [1.29, 1.82) is 0 Å². The van der Waals surface area contributed by atoms with E-state index in [0.717, 1.165) is 12.8 Å². The second-order valence-electron chi connectivity index (χ2n) is 11.6. The van der Waals surface area contributed by atoms with Crippen molar-refractivity contribution in [2.45, 2.75) is 71.1 Å². The van der Waals surface area contributed by atoms with Crippen LogP contribution in [-0.4, -0.2) is 54.7 Å². The topological polar surface area (TPSA) is 92.9 Å². The highest BCUT2D eigenvalue weighted by molar-refractivity contribution is 6.32. The molecule has 3 fully saturated rings. The lowest BCUT2D eigenvalue weighted by Gasteiger charge is -2.48. The number of hydrogen-bond donors (Lipinski definition) is 2. The summed E-state index contributed by atoms with van der Waals surface area (Å²) in [7, 11) is 1.50. The van der Waals surface area contributed by atoms with Gasteiger partial charge in [-0.2, -0.15) is 0 Å². The number of nitrogens with one attached hydrogen (secondary N) is 2. The smallest absolute Gasteiger partial charge is 0.256 e. The lowest BCUT2D eigenvalue weighted by atomic mass is 9.80. The minimum atomic E-state index is -0.344. The number of carbonyl (C=O) groups excluding carboxylic acids is 1. The summed E-state index contributed by atoms with van der Waals surface area (Å²) in [6, 6.07) is 4.05.